The molecule has 0 aliphatic carbocycles. The van der Waals surface area contributed by atoms with E-state index in [4.69, 9.17) is 28.5 Å². The quantitative estimate of drug-likeness (QED) is 0.824. The molecule has 0 radical (unpaired) electrons. The second kappa shape index (κ2) is 5.34. The Morgan fingerprint density at radius 2 is 2.06 bits per heavy atom. The average molecular weight is 281 g/mol. The molecule has 0 spiro atoms. The Morgan fingerprint density at radius 1 is 1.28 bits per heavy atom. The number of nitriles is 1. The summed E-state index contributed by atoms with van der Waals surface area (Å²) in [7, 11) is 0. The van der Waals surface area contributed by atoms with Crippen molar-refractivity contribution in [2.75, 3.05) is 0 Å². The normalized spacial score (nSPS) is 10.1. The topological polar surface area (TPSA) is 36.7 Å². The molecule has 0 N–H and O–H groups in total. The van der Waals surface area contributed by atoms with Crippen molar-refractivity contribution in [2.24, 2.45) is 0 Å². The third-order valence-corrected chi connectivity index (χ3v) is 2.99. The number of rotatable bonds is 2. The fourth-order valence-electron chi connectivity index (χ4n) is 1.57. The van der Waals surface area contributed by atoms with Gasteiger partial charge in [0.2, 0.25) is 0 Å². The van der Waals surface area contributed by atoms with E-state index < -0.39 is 5.82 Å². The summed E-state index contributed by atoms with van der Waals surface area (Å²) >= 11 is 11.9. The van der Waals surface area contributed by atoms with Crippen LogP contribution in [0.2, 0.25) is 10.0 Å². The Balaban J connectivity index is 2.61. The largest absolute Gasteiger partial charge is 0.253 e. The molecule has 90 valence electrons. The number of pyridine rings is 1. The molecule has 0 aliphatic heterocycles. The third kappa shape index (κ3) is 2.45. The van der Waals surface area contributed by atoms with Crippen LogP contribution < -0.4 is 0 Å². The highest BCUT2D eigenvalue weighted by Crippen LogP contribution is 2.31. The number of hydrogen-bond acceptors (Lipinski definition) is 2. The second-order valence-corrected chi connectivity index (χ2v) is 4.44. The van der Waals surface area contributed by atoms with E-state index in [1.807, 2.05) is 6.07 Å². The first kappa shape index (κ1) is 12.8. The van der Waals surface area contributed by atoms with Gasteiger partial charge in [-0.3, -0.25) is 4.98 Å². The number of aromatic nitrogens is 1. The molecule has 0 amide bonds. The minimum absolute atomic E-state index is 0.0143. The number of benzene rings is 1. The molecule has 0 saturated heterocycles. The number of hydrogen-bond donors (Lipinski definition) is 0. The van der Waals surface area contributed by atoms with E-state index >= 15 is 0 Å². The van der Waals surface area contributed by atoms with Crippen LogP contribution in [0.25, 0.3) is 11.3 Å². The van der Waals surface area contributed by atoms with Gasteiger partial charge in [0.1, 0.15) is 5.69 Å². The Kier molecular flexibility index (Phi) is 3.81. The van der Waals surface area contributed by atoms with E-state index in [9.17, 15) is 4.39 Å². The van der Waals surface area contributed by atoms with Crippen LogP contribution in [0.1, 0.15) is 5.56 Å². The zero-order valence-electron chi connectivity index (χ0n) is 9.12. The van der Waals surface area contributed by atoms with E-state index in [2.05, 4.69) is 4.98 Å². The molecule has 1 aromatic carbocycles. The molecule has 0 bridgehead atoms. The summed E-state index contributed by atoms with van der Waals surface area (Å²) in [6.07, 6.45) is 1.43. The molecule has 0 atom stereocenters. The van der Waals surface area contributed by atoms with Gasteiger partial charge < -0.3 is 0 Å². The summed E-state index contributed by atoms with van der Waals surface area (Å²) in [5, 5.41) is 9.43. The zero-order chi connectivity index (χ0) is 13.1. The lowest BCUT2D eigenvalue weighted by atomic mass is 10.1. The molecule has 0 fully saturated rings. The van der Waals surface area contributed by atoms with Crippen molar-refractivity contribution < 1.29 is 4.39 Å². The summed E-state index contributed by atoms with van der Waals surface area (Å²) < 4.78 is 14.1. The molecule has 18 heavy (non-hydrogen) atoms. The standard InChI is InChI=1S/C13H7Cl2FN2/c14-9-1-2-11(15)10(7-9)13-12(16)8(3-5-17)4-6-18-13/h1-2,4,6-7H,3H2. The maximum absolute atomic E-state index is 14.1. The van der Waals surface area contributed by atoms with Crippen molar-refractivity contribution in [3.63, 3.8) is 0 Å². The molecular formula is C13H7Cl2FN2. The van der Waals surface area contributed by atoms with E-state index in [0.717, 1.165) is 0 Å². The van der Waals surface area contributed by atoms with Crippen LogP contribution in [0.15, 0.2) is 30.5 Å². The van der Waals surface area contributed by atoms with E-state index in [1.165, 1.54) is 12.3 Å². The van der Waals surface area contributed by atoms with Crippen molar-refractivity contribution in [2.45, 2.75) is 6.42 Å². The van der Waals surface area contributed by atoms with Crippen LogP contribution in [0.5, 0.6) is 0 Å². The summed E-state index contributed by atoms with van der Waals surface area (Å²) in [5.74, 6) is -0.539. The second-order valence-electron chi connectivity index (χ2n) is 3.59. The Morgan fingerprint density at radius 3 is 2.78 bits per heavy atom. The lowest BCUT2D eigenvalue weighted by Gasteiger charge is -2.07. The molecule has 2 nitrogen and oxygen atoms in total. The molecule has 5 heteroatoms. The predicted molar refractivity (Wildman–Crippen MR) is 69.0 cm³/mol. The van der Waals surface area contributed by atoms with Gasteiger partial charge in [0.25, 0.3) is 0 Å². The number of halogens is 3. The fraction of sp³-hybridized carbons (Fsp3) is 0.0769. The SMILES string of the molecule is N#CCc1ccnc(-c2cc(Cl)ccc2Cl)c1F. The molecule has 2 rings (SSSR count). The van der Waals surface area contributed by atoms with E-state index in [1.54, 1.807) is 18.2 Å². The van der Waals surface area contributed by atoms with Gasteiger partial charge in [0.15, 0.2) is 5.82 Å². The first-order valence-electron chi connectivity index (χ1n) is 5.09. The van der Waals surface area contributed by atoms with Crippen LogP contribution in [0.4, 0.5) is 4.39 Å². The Bertz CT molecular complexity index is 635. The lowest BCUT2D eigenvalue weighted by molar-refractivity contribution is 0.613. The van der Waals surface area contributed by atoms with Crippen molar-refractivity contribution in [3.8, 4) is 17.3 Å². The van der Waals surface area contributed by atoms with Crippen LogP contribution in [-0.2, 0) is 6.42 Å². The van der Waals surface area contributed by atoms with Crippen molar-refractivity contribution in [1.82, 2.24) is 4.98 Å². The maximum atomic E-state index is 14.1. The Hall–Kier alpha value is -1.63. The van der Waals surface area contributed by atoms with Gasteiger partial charge in [0, 0.05) is 22.3 Å². The summed E-state index contributed by atoms with van der Waals surface area (Å²) in [4.78, 5) is 3.97. The van der Waals surface area contributed by atoms with Gasteiger partial charge in [-0.1, -0.05) is 23.2 Å². The van der Waals surface area contributed by atoms with E-state index in [-0.39, 0.29) is 12.1 Å². The van der Waals surface area contributed by atoms with Crippen molar-refractivity contribution in [1.29, 1.82) is 5.26 Å². The molecule has 1 heterocycles. The number of nitrogens with zero attached hydrogens (tertiary/aromatic N) is 2. The Labute approximate surface area is 114 Å². The van der Waals surface area contributed by atoms with Gasteiger partial charge in [-0.25, -0.2) is 4.39 Å². The van der Waals surface area contributed by atoms with Crippen LogP contribution in [0.3, 0.4) is 0 Å². The molecule has 0 unspecified atom stereocenters. The molecule has 1 aromatic heterocycles. The van der Waals surface area contributed by atoms with Crippen molar-refractivity contribution >= 4 is 23.2 Å². The van der Waals surface area contributed by atoms with Crippen LogP contribution in [0, 0.1) is 17.1 Å². The summed E-state index contributed by atoms with van der Waals surface area (Å²) in [6, 6.07) is 8.12. The van der Waals surface area contributed by atoms with Crippen LogP contribution >= 0.6 is 23.2 Å². The molecule has 0 saturated carbocycles. The lowest BCUT2D eigenvalue weighted by Crippen LogP contribution is -1.96. The van der Waals surface area contributed by atoms with Crippen molar-refractivity contribution in [3.05, 3.63) is 51.9 Å². The van der Waals surface area contributed by atoms with Gasteiger partial charge in [0.05, 0.1) is 17.5 Å². The molecular weight excluding hydrogens is 274 g/mol. The first-order valence-corrected chi connectivity index (χ1v) is 5.85. The molecule has 2 aromatic rings. The zero-order valence-corrected chi connectivity index (χ0v) is 10.6. The van der Waals surface area contributed by atoms with E-state index in [0.29, 0.717) is 21.2 Å². The summed E-state index contributed by atoms with van der Waals surface area (Å²) in [6.45, 7) is 0. The minimum atomic E-state index is -0.539. The maximum Gasteiger partial charge on any atom is 0.153 e. The molecule has 0 aliphatic rings. The highest BCUT2D eigenvalue weighted by atomic mass is 35.5. The minimum Gasteiger partial charge on any atom is -0.253 e. The highest BCUT2D eigenvalue weighted by Gasteiger charge is 2.14. The van der Waals surface area contributed by atoms with Gasteiger partial charge in [-0.05, 0) is 24.3 Å². The average Bonchev–Trinajstić information content (AvgIpc) is 2.35. The first-order chi connectivity index (χ1) is 8.63. The predicted octanol–water partition coefficient (Wildman–Crippen LogP) is 4.26. The van der Waals surface area contributed by atoms with Crippen LogP contribution in [-0.4, -0.2) is 4.98 Å². The fourth-order valence-corrected chi connectivity index (χ4v) is 1.95. The van der Waals surface area contributed by atoms with Gasteiger partial charge >= 0.3 is 0 Å². The highest BCUT2D eigenvalue weighted by molar-refractivity contribution is 6.35. The smallest absolute Gasteiger partial charge is 0.153 e. The van der Waals surface area contributed by atoms with Gasteiger partial charge in [-0.15, -0.1) is 0 Å². The summed E-state index contributed by atoms with van der Waals surface area (Å²) in [5.41, 5.74) is 0.815. The van der Waals surface area contributed by atoms with Gasteiger partial charge in [-0.2, -0.15) is 5.26 Å². The monoisotopic (exact) mass is 280 g/mol. The third-order valence-electron chi connectivity index (χ3n) is 2.42.